The molecule has 1 amide bonds. The highest BCUT2D eigenvalue weighted by Crippen LogP contribution is 2.20. The van der Waals surface area contributed by atoms with Crippen molar-refractivity contribution in [3.63, 3.8) is 0 Å². The molecular weight excluding hydrogens is 269 g/mol. The van der Waals surface area contributed by atoms with E-state index in [9.17, 15) is 18.0 Å². The SMILES string of the molecule is O=C1CCCN1C[C@@H](NCC(F)(F)F)c1ccccc1. The monoisotopic (exact) mass is 286 g/mol. The predicted octanol–water partition coefficient (Wildman–Crippen LogP) is 2.50. The second kappa shape index (κ2) is 6.26. The number of amides is 1. The summed E-state index contributed by atoms with van der Waals surface area (Å²) in [6.07, 6.45) is -3.00. The van der Waals surface area contributed by atoms with E-state index in [1.807, 2.05) is 6.07 Å². The number of nitrogens with one attached hydrogen (secondary N) is 1. The fourth-order valence-electron chi connectivity index (χ4n) is 2.33. The molecule has 0 saturated carbocycles. The van der Waals surface area contributed by atoms with Gasteiger partial charge in [0, 0.05) is 19.5 Å². The predicted molar refractivity (Wildman–Crippen MR) is 69.1 cm³/mol. The molecule has 1 aliphatic rings. The normalized spacial score (nSPS) is 17.6. The number of rotatable bonds is 5. The van der Waals surface area contributed by atoms with E-state index in [4.69, 9.17) is 0 Å². The lowest BCUT2D eigenvalue weighted by Gasteiger charge is -2.25. The van der Waals surface area contributed by atoms with Crippen molar-refractivity contribution in [2.75, 3.05) is 19.6 Å². The molecular formula is C14H17F3N2O. The summed E-state index contributed by atoms with van der Waals surface area (Å²) in [5.41, 5.74) is 0.761. The Morgan fingerprint density at radius 2 is 1.95 bits per heavy atom. The minimum absolute atomic E-state index is 0.0136. The number of halogens is 3. The lowest BCUT2D eigenvalue weighted by Crippen LogP contribution is -2.39. The van der Waals surface area contributed by atoms with Crippen molar-refractivity contribution in [2.24, 2.45) is 0 Å². The van der Waals surface area contributed by atoms with Gasteiger partial charge in [-0.05, 0) is 12.0 Å². The van der Waals surface area contributed by atoms with Crippen LogP contribution < -0.4 is 5.32 Å². The lowest BCUT2D eigenvalue weighted by molar-refractivity contribution is -0.129. The summed E-state index contributed by atoms with van der Waals surface area (Å²) >= 11 is 0. The fraction of sp³-hybridized carbons (Fsp3) is 0.500. The lowest BCUT2D eigenvalue weighted by atomic mass is 10.1. The number of hydrogen-bond acceptors (Lipinski definition) is 2. The zero-order chi connectivity index (χ0) is 14.6. The summed E-state index contributed by atoms with van der Waals surface area (Å²) in [6.45, 7) is -0.163. The molecule has 1 atom stereocenters. The maximum atomic E-state index is 12.4. The van der Waals surface area contributed by atoms with Gasteiger partial charge in [0.25, 0.3) is 0 Å². The zero-order valence-electron chi connectivity index (χ0n) is 11.0. The van der Waals surface area contributed by atoms with Crippen LogP contribution in [-0.2, 0) is 4.79 Å². The highest BCUT2D eigenvalue weighted by Gasteiger charge is 2.30. The highest BCUT2D eigenvalue weighted by atomic mass is 19.4. The summed E-state index contributed by atoms with van der Waals surface area (Å²) in [5.74, 6) is 0.0136. The second-order valence-electron chi connectivity index (χ2n) is 4.90. The van der Waals surface area contributed by atoms with Gasteiger partial charge < -0.3 is 10.2 Å². The number of alkyl halides is 3. The van der Waals surface area contributed by atoms with Crippen LogP contribution in [-0.4, -0.2) is 36.6 Å². The maximum absolute atomic E-state index is 12.4. The van der Waals surface area contributed by atoms with Crippen LogP contribution in [0.3, 0.4) is 0 Å². The van der Waals surface area contributed by atoms with Gasteiger partial charge >= 0.3 is 6.18 Å². The molecule has 6 heteroatoms. The number of carbonyl (C=O) groups is 1. The van der Waals surface area contributed by atoms with Crippen LogP contribution in [0.1, 0.15) is 24.4 Å². The van der Waals surface area contributed by atoms with Gasteiger partial charge in [-0.2, -0.15) is 13.2 Å². The zero-order valence-corrected chi connectivity index (χ0v) is 11.0. The number of hydrogen-bond donors (Lipinski definition) is 1. The van der Waals surface area contributed by atoms with Gasteiger partial charge in [-0.1, -0.05) is 30.3 Å². The van der Waals surface area contributed by atoms with Crippen molar-refractivity contribution in [3.05, 3.63) is 35.9 Å². The van der Waals surface area contributed by atoms with Gasteiger partial charge in [0.05, 0.1) is 12.6 Å². The Labute approximate surface area is 115 Å². The van der Waals surface area contributed by atoms with Crippen LogP contribution in [0.25, 0.3) is 0 Å². The molecule has 1 N–H and O–H groups in total. The Kier molecular flexibility index (Phi) is 4.65. The van der Waals surface area contributed by atoms with Crippen LogP contribution >= 0.6 is 0 Å². The minimum Gasteiger partial charge on any atom is -0.341 e. The van der Waals surface area contributed by atoms with Crippen LogP contribution in [0, 0.1) is 0 Å². The molecule has 1 heterocycles. The molecule has 0 unspecified atom stereocenters. The first kappa shape index (κ1) is 14.8. The third kappa shape index (κ3) is 4.23. The van der Waals surface area contributed by atoms with Crippen molar-refractivity contribution in [1.82, 2.24) is 10.2 Å². The summed E-state index contributed by atoms with van der Waals surface area (Å²) in [6, 6.07) is 8.42. The molecule has 0 aromatic heterocycles. The van der Waals surface area contributed by atoms with E-state index >= 15 is 0 Å². The molecule has 20 heavy (non-hydrogen) atoms. The first-order chi connectivity index (χ1) is 9.46. The number of likely N-dealkylation sites (tertiary alicyclic amines) is 1. The van der Waals surface area contributed by atoms with Crippen molar-refractivity contribution >= 4 is 5.91 Å². The van der Waals surface area contributed by atoms with E-state index in [2.05, 4.69) is 5.32 Å². The van der Waals surface area contributed by atoms with E-state index < -0.39 is 18.8 Å². The second-order valence-corrected chi connectivity index (χ2v) is 4.90. The number of benzene rings is 1. The topological polar surface area (TPSA) is 32.3 Å². The molecule has 1 fully saturated rings. The van der Waals surface area contributed by atoms with E-state index in [0.717, 1.165) is 12.0 Å². The average Bonchev–Trinajstić information content (AvgIpc) is 2.80. The van der Waals surface area contributed by atoms with Crippen molar-refractivity contribution in [3.8, 4) is 0 Å². The Hall–Kier alpha value is -1.56. The third-order valence-corrected chi connectivity index (χ3v) is 3.33. The first-order valence-electron chi connectivity index (χ1n) is 6.58. The first-order valence-corrected chi connectivity index (χ1v) is 6.58. The molecule has 0 aliphatic carbocycles. The smallest absolute Gasteiger partial charge is 0.341 e. The number of nitrogens with zero attached hydrogens (tertiary/aromatic N) is 1. The Morgan fingerprint density at radius 3 is 2.50 bits per heavy atom. The highest BCUT2D eigenvalue weighted by molar-refractivity contribution is 5.78. The fourth-order valence-corrected chi connectivity index (χ4v) is 2.33. The Balaban J connectivity index is 2.05. The standard InChI is InChI=1S/C14H17F3N2O/c15-14(16,17)10-18-12(11-5-2-1-3-6-11)9-19-8-4-7-13(19)20/h1-3,5-6,12,18H,4,7-10H2/t12-/m1/s1. The van der Waals surface area contributed by atoms with Crippen LogP contribution in [0.15, 0.2) is 30.3 Å². The van der Waals surface area contributed by atoms with Gasteiger partial charge in [-0.25, -0.2) is 0 Å². The molecule has 3 nitrogen and oxygen atoms in total. The maximum Gasteiger partial charge on any atom is 0.401 e. The van der Waals surface area contributed by atoms with Crippen molar-refractivity contribution in [2.45, 2.75) is 25.1 Å². The van der Waals surface area contributed by atoms with Gasteiger partial charge in [-0.15, -0.1) is 0 Å². The van der Waals surface area contributed by atoms with Gasteiger partial charge in [0.1, 0.15) is 0 Å². The Bertz CT molecular complexity index is 447. The average molecular weight is 286 g/mol. The summed E-state index contributed by atoms with van der Waals surface area (Å²) in [4.78, 5) is 13.2. The van der Waals surface area contributed by atoms with E-state index in [-0.39, 0.29) is 12.5 Å². The van der Waals surface area contributed by atoms with Crippen LogP contribution in [0.4, 0.5) is 13.2 Å². The Morgan fingerprint density at radius 1 is 1.25 bits per heavy atom. The van der Waals surface area contributed by atoms with Gasteiger partial charge in [0.15, 0.2) is 0 Å². The quantitative estimate of drug-likeness (QED) is 0.902. The molecule has 1 saturated heterocycles. The molecule has 1 aromatic carbocycles. The molecule has 0 spiro atoms. The molecule has 2 rings (SSSR count). The summed E-state index contributed by atoms with van der Waals surface area (Å²) < 4.78 is 37.1. The van der Waals surface area contributed by atoms with Crippen molar-refractivity contribution < 1.29 is 18.0 Å². The van der Waals surface area contributed by atoms with E-state index in [1.54, 1.807) is 29.2 Å². The number of carbonyl (C=O) groups excluding carboxylic acids is 1. The summed E-state index contributed by atoms with van der Waals surface area (Å²) in [5, 5.41) is 2.50. The molecule has 1 aromatic rings. The largest absolute Gasteiger partial charge is 0.401 e. The van der Waals surface area contributed by atoms with Gasteiger partial charge in [-0.3, -0.25) is 4.79 Å². The molecule has 0 bridgehead atoms. The van der Waals surface area contributed by atoms with E-state index in [0.29, 0.717) is 13.0 Å². The minimum atomic E-state index is -4.26. The summed E-state index contributed by atoms with van der Waals surface area (Å²) in [7, 11) is 0. The van der Waals surface area contributed by atoms with Crippen LogP contribution in [0.5, 0.6) is 0 Å². The molecule has 0 radical (unpaired) electrons. The van der Waals surface area contributed by atoms with Gasteiger partial charge in [0.2, 0.25) is 5.91 Å². The third-order valence-electron chi connectivity index (χ3n) is 3.33. The van der Waals surface area contributed by atoms with Crippen molar-refractivity contribution in [1.29, 1.82) is 0 Å². The van der Waals surface area contributed by atoms with Crippen LogP contribution in [0.2, 0.25) is 0 Å². The molecule has 1 aliphatic heterocycles. The van der Waals surface area contributed by atoms with E-state index in [1.165, 1.54) is 0 Å². The molecule has 110 valence electrons.